The van der Waals surface area contributed by atoms with Crippen molar-refractivity contribution in [2.45, 2.75) is 82.1 Å². The van der Waals surface area contributed by atoms with Gasteiger partial charge in [0.15, 0.2) is 0 Å². The predicted molar refractivity (Wildman–Crippen MR) is 84.5 cm³/mol. The minimum atomic E-state index is 0.269. The monoisotopic (exact) mass is 288 g/mol. The van der Waals surface area contributed by atoms with Gasteiger partial charge in [-0.1, -0.05) is 12.8 Å². The van der Waals surface area contributed by atoms with Crippen LogP contribution in [0.15, 0.2) is 12.4 Å². The molecule has 116 valence electrons. The molecule has 4 rings (SSSR count). The SMILES string of the molecule is CNC1CCCc2cn(CC3CCC4(CCCC4)O3)cc21. The third kappa shape index (κ3) is 2.55. The van der Waals surface area contributed by atoms with Gasteiger partial charge in [0, 0.05) is 25.0 Å². The molecule has 2 atom stereocenters. The summed E-state index contributed by atoms with van der Waals surface area (Å²) in [5.41, 5.74) is 3.34. The lowest BCUT2D eigenvalue weighted by Crippen LogP contribution is -2.26. The molecule has 3 heteroatoms. The predicted octanol–water partition coefficient (Wildman–Crippen LogP) is 3.58. The lowest BCUT2D eigenvalue weighted by atomic mass is 9.91. The van der Waals surface area contributed by atoms with Gasteiger partial charge in [0.2, 0.25) is 0 Å². The van der Waals surface area contributed by atoms with Crippen LogP contribution in [0.1, 0.15) is 68.5 Å². The zero-order valence-corrected chi connectivity index (χ0v) is 13.2. The van der Waals surface area contributed by atoms with E-state index in [2.05, 4.69) is 29.3 Å². The third-order valence-corrected chi connectivity index (χ3v) is 5.93. The molecule has 0 radical (unpaired) electrons. The summed E-state index contributed by atoms with van der Waals surface area (Å²) >= 11 is 0. The molecule has 21 heavy (non-hydrogen) atoms. The molecule has 2 heterocycles. The maximum atomic E-state index is 6.46. The molecule has 2 fully saturated rings. The van der Waals surface area contributed by atoms with Crippen LogP contribution in [0.3, 0.4) is 0 Å². The van der Waals surface area contributed by atoms with Crippen LogP contribution < -0.4 is 5.32 Å². The summed E-state index contributed by atoms with van der Waals surface area (Å²) in [6, 6.07) is 0.556. The van der Waals surface area contributed by atoms with Gasteiger partial charge in [0.05, 0.1) is 11.7 Å². The Balaban J connectivity index is 1.45. The molecular formula is C18H28N2O. The molecule has 0 amide bonds. The molecule has 1 aliphatic heterocycles. The molecular weight excluding hydrogens is 260 g/mol. The lowest BCUT2D eigenvalue weighted by Gasteiger charge is -2.24. The van der Waals surface area contributed by atoms with Gasteiger partial charge < -0.3 is 14.6 Å². The van der Waals surface area contributed by atoms with Gasteiger partial charge in [-0.2, -0.15) is 0 Å². The fourth-order valence-electron chi connectivity index (χ4n) is 4.80. The highest BCUT2D eigenvalue weighted by Crippen LogP contribution is 2.43. The van der Waals surface area contributed by atoms with Gasteiger partial charge in [-0.05, 0) is 63.1 Å². The summed E-state index contributed by atoms with van der Waals surface area (Å²) in [6.45, 7) is 1.05. The summed E-state index contributed by atoms with van der Waals surface area (Å²) in [5, 5.41) is 3.46. The van der Waals surface area contributed by atoms with Crippen molar-refractivity contribution in [2.24, 2.45) is 0 Å². The number of nitrogens with one attached hydrogen (secondary N) is 1. The third-order valence-electron chi connectivity index (χ3n) is 5.93. The molecule has 2 unspecified atom stereocenters. The number of hydrogen-bond donors (Lipinski definition) is 1. The van der Waals surface area contributed by atoms with Gasteiger partial charge in [0.1, 0.15) is 0 Å². The maximum Gasteiger partial charge on any atom is 0.0762 e. The average molecular weight is 288 g/mol. The smallest absolute Gasteiger partial charge is 0.0762 e. The standard InChI is InChI=1S/C18H28N2O/c1-19-17-6-4-5-14-11-20(13-16(14)17)12-15-7-10-18(21-15)8-2-3-9-18/h11,13,15,17,19H,2-10,12H2,1H3. The van der Waals surface area contributed by atoms with Crippen molar-refractivity contribution < 1.29 is 4.74 Å². The summed E-state index contributed by atoms with van der Waals surface area (Å²) in [7, 11) is 2.08. The Bertz CT molecular complexity index is 501. The molecule has 1 aromatic heterocycles. The first-order chi connectivity index (χ1) is 10.3. The zero-order valence-electron chi connectivity index (χ0n) is 13.2. The zero-order chi connectivity index (χ0) is 14.3. The lowest BCUT2D eigenvalue weighted by molar-refractivity contribution is -0.0417. The van der Waals surface area contributed by atoms with Crippen LogP contribution in [-0.2, 0) is 17.7 Å². The molecule has 1 saturated carbocycles. The summed E-state index contributed by atoms with van der Waals surface area (Å²) in [4.78, 5) is 0. The first kappa shape index (κ1) is 13.8. The molecule has 0 bridgehead atoms. The molecule has 2 aliphatic carbocycles. The minimum Gasteiger partial charge on any atom is -0.370 e. The Morgan fingerprint density at radius 1 is 1.19 bits per heavy atom. The number of aromatic nitrogens is 1. The van der Waals surface area contributed by atoms with Crippen LogP contribution in [0.2, 0.25) is 0 Å². The van der Waals surface area contributed by atoms with Crippen LogP contribution in [0.5, 0.6) is 0 Å². The molecule has 1 N–H and O–H groups in total. The van der Waals surface area contributed by atoms with Crippen molar-refractivity contribution in [1.29, 1.82) is 0 Å². The van der Waals surface area contributed by atoms with Gasteiger partial charge in [-0.15, -0.1) is 0 Å². The Hall–Kier alpha value is -0.800. The molecule has 1 spiro atoms. The van der Waals surface area contributed by atoms with E-state index in [9.17, 15) is 0 Å². The first-order valence-corrected chi connectivity index (χ1v) is 8.82. The van der Waals surface area contributed by atoms with E-state index in [1.54, 1.807) is 5.56 Å². The van der Waals surface area contributed by atoms with Crippen molar-refractivity contribution in [1.82, 2.24) is 9.88 Å². The average Bonchev–Trinajstić information content (AvgIpc) is 3.20. The molecule has 0 aromatic carbocycles. The second-order valence-electron chi connectivity index (χ2n) is 7.34. The highest BCUT2D eigenvalue weighted by Gasteiger charge is 2.42. The van der Waals surface area contributed by atoms with Gasteiger partial charge in [-0.25, -0.2) is 0 Å². The molecule has 1 saturated heterocycles. The van der Waals surface area contributed by atoms with Gasteiger partial charge in [-0.3, -0.25) is 0 Å². The Morgan fingerprint density at radius 3 is 2.86 bits per heavy atom. The first-order valence-electron chi connectivity index (χ1n) is 8.82. The number of hydrogen-bond acceptors (Lipinski definition) is 2. The van der Waals surface area contributed by atoms with Crippen LogP contribution in [0.4, 0.5) is 0 Å². The number of ether oxygens (including phenoxy) is 1. The largest absolute Gasteiger partial charge is 0.370 e. The summed E-state index contributed by atoms with van der Waals surface area (Å²) in [6.07, 6.45) is 16.9. The molecule has 3 nitrogen and oxygen atoms in total. The Morgan fingerprint density at radius 2 is 2.05 bits per heavy atom. The Kier molecular flexibility index (Phi) is 3.58. The highest BCUT2D eigenvalue weighted by molar-refractivity contribution is 5.30. The summed E-state index contributed by atoms with van der Waals surface area (Å²) in [5.74, 6) is 0. The van der Waals surface area contributed by atoms with Crippen LogP contribution >= 0.6 is 0 Å². The fraction of sp³-hybridized carbons (Fsp3) is 0.778. The van der Waals surface area contributed by atoms with Crippen molar-refractivity contribution in [3.8, 4) is 0 Å². The Labute approximate surface area is 128 Å². The second-order valence-corrected chi connectivity index (χ2v) is 7.34. The number of nitrogens with zero attached hydrogens (tertiary/aromatic N) is 1. The normalized spacial score (nSPS) is 30.9. The molecule has 1 aromatic rings. The maximum absolute atomic E-state index is 6.46. The van der Waals surface area contributed by atoms with Crippen LogP contribution in [-0.4, -0.2) is 23.3 Å². The van der Waals surface area contributed by atoms with E-state index in [0.717, 1.165) is 6.54 Å². The van der Waals surface area contributed by atoms with E-state index < -0.39 is 0 Å². The van der Waals surface area contributed by atoms with E-state index in [4.69, 9.17) is 4.74 Å². The van der Waals surface area contributed by atoms with E-state index in [1.807, 2.05) is 0 Å². The number of fused-ring (bicyclic) bond motifs is 1. The van der Waals surface area contributed by atoms with Gasteiger partial charge in [0.25, 0.3) is 0 Å². The summed E-state index contributed by atoms with van der Waals surface area (Å²) < 4.78 is 8.86. The van der Waals surface area contributed by atoms with Crippen LogP contribution in [0.25, 0.3) is 0 Å². The quantitative estimate of drug-likeness (QED) is 0.920. The van der Waals surface area contributed by atoms with Crippen LogP contribution in [0, 0.1) is 0 Å². The van der Waals surface area contributed by atoms with Crippen molar-refractivity contribution >= 4 is 0 Å². The molecule has 3 aliphatic rings. The topological polar surface area (TPSA) is 26.2 Å². The van der Waals surface area contributed by atoms with Crippen molar-refractivity contribution in [3.05, 3.63) is 23.5 Å². The van der Waals surface area contributed by atoms with E-state index in [-0.39, 0.29) is 5.60 Å². The van der Waals surface area contributed by atoms with E-state index in [0.29, 0.717) is 12.1 Å². The second kappa shape index (κ2) is 5.44. The number of aryl methyl sites for hydroxylation is 1. The number of rotatable bonds is 3. The van der Waals surface area contributed by atoms with Gasteiger partial charge >= 0.3 is 0 Å². The van der Waals surface area contributed by atoms with E-state index >= 15 is 0 Å². The fourth-order valence-corrected chi connectivity index (χ4v) is 4.80. The van der Waals surface area contributed by atoms with Crippen molar-refractivity contribution in [2.75, 3.05) is 7.05 Å². The van der Waals surface area contributed by atoms with E-state index in [1.165, 1.54) is 63.4 Å². The van der Waals surface area contributed by atoms with Crippen molar-refractivity contribution in [3.63, 3.8) is 0 Å². The minimum absolute atomic E-state index is 0.269. The highest BCUT2D eigenvalue weighted by atomic mass is 16.5.